The smallest absolute Gasteiger partial charge is 0.267 e. The van der Waals surface area contributed by atoms with Crippen LogP contribution < -0.4 is 9.84 Å². The molecule has 1 saturated heterocycles. The van der Waals surface area contributed by atoms with Gasteiger partial charge in [0.05, 0.1) is 18.0 Å². The summed E-state index contributed by atoms with van der Waals surface area (Å²) in [6.45, 7) is 0. The van der Waals surface area contributed by atoms with Crippen molar-refractivity contribution < 1.29 is 19.4 Å². The van der Waals surface area contributed by atoms with Crippen LogP contribution in [0.1, 0.15) is 17.2 Å². The number of hydrogen-bond acceptors (Lipinski definition) is 6. The van der Waals surface area contributed by atoms with Crippen LogP contribution in [0.15, 0.2) is 59.5 Å². The van der Waals surface area contributed by atoms with Crippen LogP contribution in [0.4, 0.5) is 0 Å². The van der Waals surface area contributed by atoms with Gasteiger partial charge in [-0.3, -0.25) is 9.69 Å². The molecule has 7 heteroatoms. The second kappa shape index (κ2) is 7.72. The molecule has 1 heterocycles. The molecule has 1 aliphatic rings. The van der Waals surface area contributed by atoms with E-state index in [1.54, 1.807) is 61.7 Å². The number of hydrogen-bond donors (Lipinski definition) is 0. The molecule has 3 rings (SSSR count). The number of carboxylic acid groups (broad SMARTS) is 1. The number of rotatable bonds is 5. The maximum atomic E-state index is 12.8. The highest BCUT2D eigenvalue weighted by atomic mass is 32.2. The lowest BCUT2D eigenvalue weighted by atomic mass is 10.1. The minimum atomic E-state index is -1.38. The minimum Gasteiger partial charge on any atom is -0.547 e. The van der Waals surface area contributed by atoms with Gasteiger partial charge < -0.3 is 14.6 Å². The van der Waals surface area contributed by atoms with Crippen molar-refractivity contribution in [2.24, 2.45) is 0 Å². The van der Waals surface area contributed by atoms with Crippen molar-refractivity contribution in [1.82, 2.24) is 4.90 Å². The largest absolute Gasteiger partial charge is 0.547 e. The predicted octanol–water partition coefficient (Wildman–Crippen LogP) is 2.39. The number of methoxy groups -OCH3 is 1. The van der Waals surface area contributed by atoms with Crippen molar-refractivity contribution in [3.8, 4) is 5.75 Å². The minimum absolute atomic E-state index is 0.183. The molecule has 2 aromatic carbocycles. The Kier molecular flexibility index (Phi) is 5.39. The van der Waals surface area contributed by atoms with Gasteiger partial charge in [0, 0.05) is 0 Å². The van der Waals surface area contributed by atoms with Gasteiger partial charge in [0.1, 0.15) is 16.1 Å². The third-order valence-corrected chi connectivity index (χ3v) is 5.14. The Morgan fingerprint density at radius 2 is 1.96 bits per heavy atom. The van der Waals surface area contributed by atoms with E-state index in [2.05, 4.69) is 0 Å². The van der Waals surface area contributed by atoms with Crippen LogP contribution in [-0.4, -0.2) is 28.2 Å². The highest BCUT2D eigenvalue weighted by Crippen LogP contribution is 2.38. The summed E-state index contributed by atoms with van der Waals surface area (Å²) in [6, 6.07) is 14.4. The molecule has 0 radical (unpaired) electrons. The average Bonchev–Trinajstić information content (AvgIpc) is 2.90. The number of carbonyl (C=O) groups excluding carboxylic acids is 2. The third-order valence-electron chi connectivity index (χ3n) is 3.81. The second-order valence-electron chi connectivity index (χ2n) is 5.46. The molecule has 1 fully saturated rings. The topological polar surface area (TPSA) is 69.7 Å². The molecule has 2 aromatic rings. The number of thiocarbonyl (C=S) groups is 1. The van der Waals surface area contributed by atoms with E-state index in [0.29, 0.717) is 16.2 Å². The van der Waals surface area contributed by atoms with Crippen LogP contribution in [0.3, 0.4) is 0 Å². The Labute approximate surface area is 160 Å². The van der Waals surface area contributed by atoms with Crippen LogP contribution in [0, 0.1) is 0 Å². The van der Waals surface area contributed by atoms with Gasteiger partial charge in [0.15, 0.2) is 0 Å². The number of carbonyl (C=O) groups is 2. The molecular weight excluding hydrogens is 370 g/mol. The van der Waals surface area contributed by atoms with E-state index in [1.165, 1.54) is 0 Å². The molecule has 0 aliphatic carbocycles. The summed E-state index contributed by atoms with van der Waals surface area (Å²) in [4.78, 5) is 26.0. The van der Waals surface area contributed by atoms with E-state index in [9.17, 15) is 14.7 Å². The molecule has 1 aliphatic heterocycles. The molecular formula is C19H14NO4S2-. The fourth-order valence-electron chi connectivity index (χ4n) is 2.61. The van der Waals surface area contributed by atoms with Crippen LogP contribution in [0.5, 0.6) is 5.75 Å². The summed E-state index contributed by atoms with van der Waals surface area (Å²) < 4.78 is 5.36. The zero-order valence-electron chi connectivity index (χ0n) is 13.7. The van der Waals surface area contributed by atoms with Crippen molar-refractivity contribution in [2.75, 3.05) is 7.11 Å². The number of aliphatic carboxylic acids is 1. The van der Waals surface area contributed by atoms with Crippen LogP contribution in [-0.2, 0) is 9.59 Å². The molecule has 0 N–H and O–H groups in total. The first kappa shape index (κ1) is 18.2. The number of carboxylic acids is 1. The Balaban J connectivity index is 1.95. The summed E-state index contributed by atoms with van der Waals surface area (Å²) in [5.41, 5.74) is 1.20. The quantitative estimate of drug-likeness (QED) is 0.582. The number of benzene rings is 2. The summed E-state index contributed by atoms with van der Waals surface area (Å²) in [6.07, 6.45) is 1.67. The van der Waals surface area contributed by atoms with Crippen molar-refractivity contribution >= 4 is 46.3 Å². The fraction of sp³-hybridized carbons (Fsp3) is 0.105. The van der Waals surface area contributed by atoms with E-state index >= 15 is 0 Å². The number of nitrogens with zero attached hydrogens (tertiary/aromatic N) is 1. The third kappa shape index (κ3) is 3.63. The molecule has 5 nitrogen and oxygen atoms in total. The van der Waals surface area contributed by atoms with Crippen LogP contribution >= 0.6 is 24.0 Å². The lowest BCUT2D eigenvalue weighted by molar-refractivity contribution is -0.310. The maximum Gasteiger partial charge on any atom is 0.267 e. The van der Waals surface area contributed by atoms with Crippen LogP contribution in [0.2, 0.25) is 0 Å². The normalized spacial score (nSPS) is 16.8. The van der Waals surface area contributed by atoms with Crippen molar-refractivity contribution in [3.05, 3.63) is 70.6 Å². The first-order chi connectivity index (χ1) is 12.5. The fourth-order valence-corrected chi connectivity index (χ4v) is 3.92. The van der Waals surface area contributed by atoms with Gasteiger partial charge in [0.25, 0.3) is 5.91 Å². The molecule has 0 bridgehead atoms. The van der Waals surface area contributed by atoms with Gasteiger partial charge in [-0.15, -0.1) is 0 Å². The SMILES string of the molecule is COc1cccc(/C=C2/SC(=S)N([C@H](C(=O)[O-])c3ccccc3)C2=O)c1. The van der Waals surface area contributed by atoms with E-state index in [0.717, 1.165) is 22.2 Å². The Morgan fingerprint density at radius 3 is 2.62 bits per heavy atom. The average molecular weight is 384 g/mol. The van der Waals surface area contributed by atoms with Crippen molar-refractivity contribution in [3.63, 3.8) is 0 Å². The van der Waals surface area contributed by atoms with E-state index in [-0.39, 0.29) is 4.32 Å². The summed E-state index contributed by atoms with van der Waals surface area (Å²) in [7, 11) is 1.56. The van der Waals surface area contributed by atoms with Gasteiger partial charge in [-0.25, -0.2) is 0 Å². The van der Waals surface area contributed by atoms with E-state index in [1.807, 2.05) is 6.07 Å². The lowest BCUT2D eigenvalue weighted by Gasteiger charge is -2.27. The molecule has 1 atom stereocenters. The number of thioether (sulfide) groups is 1. The molecule has 132 valence electrons. The first-order valence-corrected chi connectivity index (χ1v) is 8.90. The monoisotopic (exact) mass is 384 g/mol. The number of ether oxygens (including phenoxy) is 1. The highest BCUT2D eigenvalue weighted by Gasteiger charge is 2.38. The van der Waals surface area contributed by atoms with E-state index < -0.39 is 17.9 Å². The standard InChI is InChI=1S/C19H15NO4S2/c1-24-14-9-5-6-12(10-14)11-15-17(21)20(19(25)26-15)16(18(22)23)13-7-3-2-4-8-13/h2-11,16H,1H3,(H,22,23)/p-1/b15-11+/t16-/m0/s1. The summed E-state index contributed by atoms with van der Waals surface area (Å²) >= 11 is 6.33. The van der Waals surface area contributed by atoms with Gasteiger partial charge in [-0.05, 0) is 29.3 Å². The van der Waals surface area contributed by atoms with Gasteiger partial charge in [-0.1, -0.05) is 66.4 Å². The Morgan fingerprint density at radius 1 is 1.23 bits per heavy atom. The van der Waals surface area contributed by atoms with Gasteiger partial charge >= 0.3 is 0 Å². The van der Waals surface area contributed by atoms with Gasteiger partial charge in [-0.2, -0.15) is 0 Å². The van der Waals surface area contributed by atoms with Crippen LogP contribution in [0.25, 0.3) is 6.08 Å². The van der Waals surface area contributed by atoms with Crippen molar-refractivity contribution in [1.29, 1.82) is 0 Å². The summed E-state index contributed by atoms with van der Waals surface area (Å²) in [5.74, 6) is -1.18. The maximum absolute atomic E-state index is 12.8. The molecule has 1 amide bonds. The zero-order valence-corrected chi connectivity index (χ0v) is 15.4. The second-order valence-corrected chi connectivity index (χ2v) is 7.14. The molecule has 0 aromatic heterocycles. The first-order valence-electron chi connectivity index (χ1n) is 7.68. The van der Waals surface area contributed by atoms with Crippen molar-refractivity contribution in [2.45, 2.75) is 6.04 Å². The molecule has 0 saturated carbocycles. The zero-order chi connectivity index (χ0) is 18.7. The number of amides is 1. The van der Waals surface area contributed by atoms with E-state index in [4.69, 9.17) is 17.0 Å². The Hall–Kier alpha value is -2.64. The molecule has 0 unspecified atom stereocenters. The van der Waals surface area contributed by atoms with Gasteiger partial charge in [0.2, 0.25) is 0 Å². The lowest BCUT2D eigenvalue weighted by Crippen LogP contribution is -2.43. The predicted molar refractivity (Wildman–Crippen MR) is 102 cm³/mol. The highest BCUT2D eigenvalue weighted by molar-refractivity contribution is 8.26. The molecule has 26 heavy (non-hydrogen) atoms. The molecule has 0 spiro atoms. The summed E-state index contributed by atoms with van der Waals surface area (Å²) in [5, 5.41) is 11.7. The Bertz CT molecular complexity index is 895.